The molecular formula is C38H60N6O7S. The van der Waals surface area contributed by atoms with Gasteiger partial charge in [0, 0.05) is 32.7 Å². The smallest absolute Gasteiger partial charge is 0.315 e. The van der Waals surface area contributed by atoms with Gasteiger partial charge >= 0.3 is 6.03 Å². The Morgan fingerprint density at radius 2 is 1.60 bits per heavy atom. The molecule has 5 amide bonds. The molecule has 1 aliphatic carbocycles. The van der Waals surface area contributed by atoms with Crippen molar-refractivity contribution in [3.8, 4) is 0 Å². The van der Waals surface area contributed by atoms with Gasteiger partial charge in [0.1, 0.15) is 12.1 Å². The van der Waals surface area contributed by atoms with Crippen LogP contribution in [0, 0.1) is 35.0 Å². The van der Waals surface area contributed by atoms with Crippen LogP contribution in [-0.2, 0) is 29.2 Å². The maximum atomic E-state index is 14.4. The molecule has 52 heavy (non-hydrogen) atoms. The van der Waals surface area contributed by atoms with E-state index in [1.165, 1.54) is 22.3 Å². The minimum Gasteiger partial charge on any atom is -0.346 e. The predicted octanol–water partition coefficient (Wildman–Crippen LogP) is 3.38. The Labute approximate surface area is 310 Å². The number of ketones is 1. The van der Waals surface area contributed by atoms with Crippen molar-refractivity contribution in [2.75, 3.05) is 26.7 Å². The average molecular weight is 745 g/mol. The number of benzene rings is 1. The Bertz CT molecular complexity index is 1630. The van der Waals surface area contributed by atoms with Crippen LogP contribution in [0.3, 0.4) is 0 Å². The summed E-state index contributed by atoms with van der Waals surface area (Å²) in [6, 6.07) is 2.21. The van der Waals surface area contributed by atoms with Crippen molar-refractivity contribution in [1.82, 2.24) is 30.5 Å². The number of likely N-dealkylation sites (tertiary alicyclic amines) is 1. The van der Waals surface area contributed by atoms with Crippen LogP contribution in [0.4, 0.5) is 4.79 Å². The van der Waals surface area contributed by atoms with E-state index in [9.17, 15) is 32.4 Å². The average Bonchev–Trinajstić information content (AvgIpc) is 3.35. The lowest BCUT2D eigenvalue weighted by Gasteiger charge is -2.39. The van der Waals surface area contributed by atoms with Gasteiger partial charge in [-0.2, -0.15) is 4.31 Å². The number of carbonyl (C=O) groups excluding carboxylic acids is 5. The van der Waals surface area contributed by atoms with E-state index < -0.39 is 74.6 Å². The van der Waals surface area contributed by atoms with Gasteiger partial charge in [0.15, 0.2) is 0 Å². The molecule has 13 nitrogen and oxygen atoms in total. The van der Waals surface area contributed by atoms with Crippen LogP contribution in [-0.4, -0.2) is 98.0 Å². The zero-order valence-electron chi connectivity index (χ0n) is 32.8. The predicted molar refractivity (Wildman–Crippen MR) is 200 cm³/mol. The number of urea groups is 1. The summed E-state index contributed by atoms with van der Waals surface area (Å²) in [6.45, 7) is 22.8. The number of piperidine rings is 1. The van der Waals surface area contributed by atoms with Crippen molar-refractivity contribution in [1.29, 1.82) is 0 Å². The van der Waals surface area contributed by atoms with Crippen LogP contribution in [0.15, 0.2) is 41.8 Å². The van der Waals surface area contributed by atoms with Crippen LogP contribution in [0.5, 0.6) is 0 Å². The summed E-state index contributed by atoms with van der Waals surface area (Å²) >= 11 is 0. The molecule has 4 N–H and O–H groups in total. The topological polar surface area (TPSA) is 174 Å². The highest BCUT2D eigenvalue weighted by Crippen LogP contribution is 2.65. The molecule has 0 aromatic heterocycles. The van der Waals surface area contributed by atoms with E-state index in [0.717, 1.165) is 5.56 Å². The molecule has 1 aromatic rings. The minimum atomic E-state index is -3.85. The van der Waals surface area contributed by atoms with Crippen molar-refractivity contribution in [2.45, 2.75) is 111 Å². The van der Waals surface area contributed by atoms with Gasteiger partial charge < -0.3 is 26.2 Å². The second kappa shape index (κ2) is 16.1. The molecule has 6 atom stereocenters. The third kappa shape index (κ3) is 9.60. The van der Waals surface area contributed by atoms with Gasteiger partial charge in [-0.3, -0.25) is 19.2 Å². The fourth-order valence-electron chi connectivity index (χ4n) is 6.96. The van der Waals surface area contributed by atoms with E-state index in [0.29, 0.717) is 13.0 Å². The third-order valence-electron chi connectivity index (χ3n) is 10.5. The lowest BCUT2D eigenvalue weighted by atomic mass is 9.85. The molecule has 1 aliphatic heterocycles. The number of nitrogens with zero attached hydrogens (tertiary/aromatic N) is 2. The highest BCUT2D eigenvalue weighted by Gasteiger charge is 2.70. The molecule has 2 aliphatic rings. The van der Waals surface area contributed by atoms with E-state index in [-0.39, 0.29) is 41.7 Å². The number of hydrogen-bond acceptors (Lipinski definition) is 7. The molecule has 0 radical (unpaired) electrons. The van der Waals surface area contributed by atoms with E-state index in [4.69, 9.17) is 0 Å². The number of hydrogen-bond donors (Lipinski definition) is 4. The maximum absolute atomic E-state index is 14.4. The van der Waals surface area contributed by atoms with Crippen molar-refractivity contribution in [2.24, 2.45) is 28.1 Å². The summed E-state index contributed by atoms with van der Waals surface area (Å²) in [5.74, 6) is -2.69. The standard InChI is InChI=1S/C38H60N6O7S/c1-13-15-26(30(45)33(47)39-20-14-2)40-32(46)29-28-25(38(28,10)11)21-44(29)34(48)31(37(7,8)9)42-35(49)41-27(36(4,5)6)22-43(12)52(50,51)24-18-16-23(3)17-19-24/h14,16-19,25-29,31H,2,13,15,20-22H2,1,3-12H3,(H,39,47)(H,40,46)(H2,41,42,49)/t25-,26?,27+,28-,29-,31+/m0/s1. The zero-order valence-corrected chi connectivity index (χ0v) is 33.6. The van der Waals surface area contributed by atoms with Crippen LogP contribution in [0.25, 0.3) is 0 Å². The van der Waals surface area contributed by atoms with Gasteiger partial charge in [-0.15, -0.1) is 6.58 Å². The molecule has 0 spiro atoms. The summed E-state index contributed by atoms with van der Waals surface area (Å²) in [7, 11) is -2.39. The number of sulfonamides is 1. The summed E-state index contributed by atoms with van der Waals surface area (Å²) in [6.07, 6.45) is 2.23. The molecule has 3 rings (SSSR count). The highest BCUT2D eigenvalue weighted by atomic mass is 32.2. The third-order valence-corrected chi connectivity index (χ3v) is 12.3. The molecule has 1 unspecified atom stereocenters. The van der Waals surface area contributed by atoms with Crippen LogP contribution >= 0.6 is 0 Å². The second-order valence-corrected chi connectivity index (χ2v) is 19.1. The van der Waals surface area contributed by atoms with E-state index >= 15 is 0 Å². The first-order chi connectivity index (χ1) is 23.9. The number of aryl methyl sites for hydroxylation is 1. The minimum absolute atomic E-state index is 0.0304. The zero-order chi connectivity index (χ0) is 39.6. The van der Waals surface area contributed by atoms with Gasteiger partial charge in [0.25, 0.3) is 5.91 Å². The fourth-order valence-corrected chi connectivity index (χ4v) is 8.15. The van der Waals surface area contributed by atoms with Crippen molar-refractivity contribution >= 4 is 39.6 Å². The summed E-state index contributed by atoms with van der Waals surface area (Å²) < 4.78 is 28.0. The Kier molecular flexibility index (Phi) is 13.2. The number of nitrogens with one attached hydrogen (secondary N) is 4. The normalized spacial score (nSPS) is 21.3. The first kappa shape index (κ1) is 42.6. The summed E-state index contributed by atoms with van der Waals surface area (Å²) in [5.41, 5.74) is -0.658. The largest absolute Gasteiger partial charge is 0.346 e. The first-order valence-corrected chi connectivity index (χ1v) is 19.5. The lowest BCUT2D eigenvalue weighted by Crippen LogP contribution is -2.62. The van der Waals surface area contributed by atoms with Crippen molar-refractivity contribution in [3.05, 3.63) is 42.5 Å². The quantitative estimate of drug-likeness (QED) is 0.157. The monoisotopic (exact) mass is 744 g/mol. The Morgan fingerprint density at radius 1 is 1.00 bits per heavy atom. The van der Waals surface area contributed by atoms with Crippen molar-refractivity contribution in [3.63, 3.8) is 0 Å². The van der Waals surface area contributed by atoms with E-state index in [2.05, 4.69) is 27.8 Å². The number of amides is 5. The maximum Gasteiger partial charge on any atom is 0.315 e. The van der Waals surface area contributed by atoms with Crippen LogP contribution < -0.4 is 21.3 Å². The number of likely N-dealkylation sites (N-methyl/N-ethyl adjacent to an activating group) is 1. The highest BCUT2D eigenvalue weighted by molar-refractivity contribution is 7.89. The molecule has 0 bridgehead atoms. The molecule has 1 saturated carbocycles. The van der Waals surface area contributed by atoms with Gasteiger partial charge in [0.05, 0.1) is 10.9 Å². The molecule has 1 aromatic carbocycles. The van der Waals surface area contributed by atoms with E-state index in [1.54, 1.807) is 24.3 Å². The van der Waals surface area contributed by atoms with Gasteiger partial charge in [-0.1, -0.05) is 92.5 Å². The summed E-state index contributed by atoms with van der Waals surface area (Å²) in [4.78, 5) is 69.3. The fraction of sp³-hybridized carbons (Fsp3) is 0.658. The molecular weight excluding hydrogens is 685 g/mol. The Hall–Kier alpha value is -3.78. The van der Waals surface area contributed by atoms with Crippen molar-refractivity contribution < 1.29 is 32.4 Å². The second-order valence-electron chi connectivity index (χ2n) is 17.0. The first-order valence-electron chi connectivity index (χ1n) is 18.0. The Morgan fingerprint density at radius 3 is 2.12 bits per heavy atom. The number of carbonyl (C=O) groups is 5. The SMILES string of the molecule is C=CCNC(=O)C(=O)C(CCC)NC(=O)[C@@H]1[C@@H]2[C@H](CN1C(=O)[C@@H](NC(=O)N[C@H](CN(C)S(=O)(=O)c1ccc(C)cc1)C(C)(C)C)C(C)(C)C)C2(C)C. The van der Waals surface area contributed by atoms with Gasteiger partial charge in [-0.25, -0.2) is 13.2 Å². The molecule has 290 valence electrons. The molecule has 1 saturated heterocycles. The number of rotatable bonds is 15. The van der Waals surface area contributed by atoms with Crippen LogP contribution in [0.2, 0.25) is 0 Å². The summed E-state index contributed by atoms with van der Waals surface area (Å²) in [5, 5.41) is 11.0. The molecule has 2 fully saturated rings. The van der Waals surface area contributed by atoms with Crippen LogP contribution in [0.1, 0.15) is 80.7 Å². The van der Waals surface area contributed by atoms with Gasteiger partial charge in [-0.05, 0) is 53.6 Å². The number of Topliss-reactive ketones (excluding diaryl/α,β-unsaturated/α-hetero) is 1. The lowest BCUT2D eigenvalue weighted by molar-refractivity contribution is -0.145. The Balaban J connectivity index is 1.83. The molecule has 14 heteroatoms. The number of fused-ring (bicyclic) bond motifs is 1. The molecule has 1 heterocycles. The van der Waals surface area contributed by atoms with E-state index in [1.807, 2.05) is 69.2 Å². The van der Waals surface area contributed by atoms with Gasteiger partial charge in [0.2, 0.25) is 27.6 Å².